The fourth-order valence-corrected chi connectivity index (χ4v) is 3.41. The first-order valence-electron chi connectivity index (χ1n) is 9.56. The number of hydrogen-bond acceptors (Lipinski definition) is 6. The van der Waals surface area contributed by atoms with Crippen molar-refractivity contribution in [2.75, 3.05) is 18.4 Å². The number of benzene rings is 1. The number of halogens is 3. The zero-order chi connectivity index (χ0) is 23.0. The fraction of sp³-hybridized carbons (Fsp3) is 0.421. The number of hydrogen-bond donors (Lipinski definition) is 4. The maximum Gasteiger partial charge on any atom is 0.319 e. The van der Waals surface area contributed by atoms with Gasteiger partial charge < -0.3 is 21.5 Å². The molecule has 2 rings (SSSR count). The van der Waals surface area contributed by atoms with Crippen LogP contribution in [-0.2, 0) is 6.61 Å². The van der Waals surface area contributed by atoms with E-state index in [1.807, 2.05) is 0 Å². The summed E-state index contributed by atoms with van der Waals surface area (Å²) in [6, 6.07) is 0.259. The standard InChI is InChI=1S/C19H24F3N5O3S/c1-10-8-12(20)11(15(22)14(10)21)9-30-17-13(16(24)28)18(31-27-17)26-19(29)25-7-5-3-2-4-6-23/h8H,2-7,9,23H2,1H3,(H2,24,28)(H2,25,26,29). The Kier molecular flexibility index (Phi) is 9.06. The van der Waals surface area contributed by atoms with Crippen molar-refractivity contribution in [1.29, 1.82) is 0 Å². The van der Waals surface area contributed by atoms with Crippen molar-refractivity contribution < 1.29 is 27.5 Å². The van der Waals surface area contributed by atoms with E-state index in [1.54, 1.807) is 0 Å². The molecular formula is C19H24F3N5O3S. The van der Waals surface area contributed by atoms with Gasteiger partial charge in [-0.15, -0.1) is 0 Å². The van der Waals surface area contributed by atoms with Crippen molar-refractivity contribution in [3.05, 3.63) is 40.2 Å². The van der Waals surface area contributed by atoms with Gasteiger partial charge in [-0.3, -0.25) is 10.1 Å². The van der Waals surface area contributed by atoms with Gasteiger partial charge in [-0.2, -0.15) is 4.37 Å². The van der Waals surface area contributed by atoms with Crippen LogP contribution in [-0.4, -0.2) is 29.4 Å². The number of nitrogens with zero attached hydrogens (tertiary/aromatic N) is 1. The van der Waals surface area contributed by atoms with Crippen LogP contribution in [0.15, 0.2) is 6.07 Å². The molecule has 0 unspecified atom stereocenters. The lowest BCUT2D eigenvalue weighted by Crippen LogP contribution is -2.30. The summed E-state index contributed by atoms with van der Waals surface area (Å²) in [6.45, 7) is 1.54. The van der Waals surface area contributed by atoms with Crippen LogP contribution in [0, 0.1) is 24.4 Å². The molecule has 6 N–H and O–H groups in total. The largest absolute Gasteiger partial charge is 0.471 e. The van der Waals surface area contributed by atoms with E-state index in [4.69, 9.17) is 16.2 Å². The molecule has 2 aromatic rings. The van der Waals surface area contributed by atoms with Crippen LogP contribution in [0.2, 0.25) is 0 Å². The molecule has 0 aliphatic rings. The number of amides is 3. The van der Waals surface area contributed by atoms with Gasteiger partial charge in [0.05, 0.1) is 5.56 Å². The molecule has 8 nitrogen and oxygen atoms in total. The Morgan fingerprint density at radius 3 is 2.55 bits per heavy atom. The minimum absolute atomic E-state index is 0.0131. The Balaban J connectivity index is 2.02. The number of nitrogens with two attached hydrogens (primary N) is 2. The number of primary amides is 1. The summed E-state index contributed by atoms with van der Waals surface area (Å²) in [6.07, 6.45) is 3.56. The summed E-state index contributed by atoms with van der Waals surface area (Å²) in [5.41, 5.74) is 9.64. The summed E-state index contributed by atoms with van der Waals surface area (Å²) in [5, 5.41) is 5.09. The van der Waals surface area contributed by atoms with Gasteiger partial charge in [0.15, 0.2) is 11.6 Å². The molecule has 0 bridgehead atoms. The molecule has 3 amide bonds. The van der Waals surface area contributed by atoms with Gasteiger partial charge in [-0.1, -0.05) is 12.8 Å². The number of carbonyl (C=O) groups excluding carboxylic acids is 2. The highest BCUT2D eigenvalue weighted by Gasteiger charge is 2.24. The Labute approximate surface area is 181 Å². The van der Waals surface area contributed by atoms with Gasteiger partial charge in [-0.05, 0) is 49.5 Å². The summed E-state index contributed by atoms with van der Waals surface area (Å²) >= 11 is 0.709. The number of aryl methyl sites for hydroxylation is 1. The first-order valence-corrected chi connectivity index (χ1v) is 10.3. The van der Waals surface area contributed by atoms with Crippen molar-refractivity contribution in [1.82, 2.24) is 9.69 Å². The maximum atomic E-state index is 14.0. The summed E-state index contributed by atoms with van der Waals surface area (Å²) in [7, 11) is 0. The molecule has 1 aromatic heterocycles. The molecule has 0 radical (unpaired) electrons. The van der Waals surface area contributed by atoms with Gasteiger partial charge in [-0.25, -0.2) is 18.0 Å². The van der Waals surface area contributed by atoms with E-state index in [1.165, 1.54) is 6.92 Å². The molecule has 0 aliphatic carbocycles. The minimum Gasteiger partial charge on any atom is -0.471 e. The van der Waals surface area contributed by atoms with E-state index in [0.717, 1.165) is 31.7 Å². The zero-order valence-corrected chi connectivity index (χ0v) is 17.7. The van der Waals surface area contributed by atoms with Gasteiger partial charge in [0.1, 0.15) is 23.0 Å². The molecule has 1 heterocycles. The lowest BCUT2D eigenvalue weighted by molar-refractivity contribution is 0.0996. The highest BCUT2D eigenvalue weighted by molar-refractivity contribution is 7.11. The van der Waals surface area contributed by atoms with E-state index >= 15 is 0 Å². The molecule has 0 saturated carbocycles. The third kappa shape index (κ3) is 6.56. The molecule has 12 heteroatoms. The minimum atomic E-state index is -1.39. The third-order valence-corrected chi connectivity index (χ3v) is 5.09. The van der Waals surface area contributed by atoms with E-state index in [2.05, 4.69) is 15.0 Å². The average Bonchev–Trinajstić information content (AvgIpc) is 3.11. The number of rotatable bonds is 11. The predicted molar refractivity (Wildman–Crippen MR) is 111 cm³/mol. The van der Waals surface area contributed by atoms with Crippen LogP contribution in [0.3, 0.4) is 0 Å². The molecule has 170 valence electrons. The van der Waals surface area contributed by atoms with Crippen molar-refractivity contribution in [2.45, 2.75) is 39.2 Å². The fourth-order valence-electron chi connectivity index (χ4n) is 2.67. The lowest BCUT2D eigenvalue weighted by Gasteiger charge is -2.10. The summed E-state index contributed by atoms with van der Waals surface area (Å²) in [4.78, 5) is 23.8. The Bertz CT molecular complexity index is 939. The quantitative estimate of drug-likeness (QED) is 0.303. The van der Waals surface area contributed by atoms with E-state index in [9.17, 15) is 22.8 Å². The number of nitrogens with one attached hydrogen (secondary N) is 2. The van der Waals surface area contributed by atoms with E-state index in [0.29, 0.717) is 24.6 Å². The van der Waals surface area contributed by atoms with Gasteiger partial charge in [0, 0.05) is 6.54 Å². The zero-order valence-electron chi connectivity index (χ0n) is 16.9. The second-order valence-corrected chi connectivity index (χ2v) is 7.48. The number of aromatic nitrogens is 1. The number of anilines is 1. The SMILES string of the molecule is Cc1cc(F)c(COc2nsc(NC(=O)NCCCCCCN)c2C(N)=O)c(F)c1F. The van der Waals surface area contributed by atoms with Gasteiger partial charge in [0.25, 0.3) is 5.91 Å². The molecule has 0 fully saturated rings. The molecule has 0 atom stereocenters. The van der Waals surface area contributed by atoms with Crippen LogP contribution in [0.1, 0.15) is 47.2 Å². The second-order valence-electron chi connectivity index (χ2n) is 6.71. The average molecular weight is 459 g/mol. The lowest BCUT2D eigenvalue weighted by atomic mass is 10.1. The Hall–Kier alpha value is -2.86. The van der Waals surface area contributed by atoms with Crippen LogP contribution in [0.5, 0.6) is 5.88 Å². The topological polar surface area (TPSA) is 132 Å². The monoisotopic (exact) mass is 459 g/mol. The maximum absolute atomic E-state index is 14.0. The molecule has 0 aliphatic heterocycles. The van der Waals surface area contributed by atoms with Crippen LogP contribution in [0.4, 0.5) is 23.0 Å². The number of urea groups is 1. The van der Waals surface area contributed by atoms with Crippen molar-refractivity contribution >= 4 is 28.5 Å². The van der Waals surface area contributed by atoms with Crippen LogP contribution in [0.25, 0.3) is 0 Å². The highest BCUT2D eigenvalue weighted by atomic mass is 32.1. The van der Waals surface area contributed by atoms with Crippen molar-refractivity contribution in [2.24, 2.45) is 11.5 Å². The molecule has 0 spiro atoms. The predicted octanol–water partition coefficient (Wildman–Crippen LogP) is 3.19. The van der Waals surface area contributed by atoms with Gasteiger partial charge >= 0.3 is 6.03 Å². The first-order chi connectivity index (χ1) is 14.8. The first kappa shape index (κ1) is 24.4. The molecule has 0 saturated heterocycles. The smallest absolute Gasteiger partial charge is 0.319 e. The Morgan fingerprint density at radius 1 is 1.16 bits per heavy atom. The third-order valence-electron chi connectivity index (χ3n) is 4.34. The van der Waals surface area contributed by atoms with Gasteiger partial charge in [0.2, 0.25) is 5.88 Å². The van der Waals surface area contributed by atoms with E-state index < -0.39 is 41.6 Å². The number of carbonyl (C=O) groups is 2. The van der Waals surface area contributed by atoms with Crippen molar-refractivity contribution in [3.63, 3.8) is 0 Å². The van der Waals surface area contributed by atoms with Crippen LogP contribution >= 0.6 is 11.5 Å². The number of unbranched alkanes of at least 4 members (excludes halogenated alkanes) is 3. The molecular weight excluding hydrogens is 435 g/mol. The Morgan fingerprint density at radius 2 is 1.87 bits per heavy atom. The molecule has 1 aromatic carbocycles. The summed E-state index contributed by atoms with van der Waals surface area (Å²) < 4.78 is 50.7. The van der Waals surface area contributed by atoms with E-state index in [-0.39, 0.29) is 22.0 Å². The molecule has 31 heavy (non-hydrogen) atoms. The van der Waals surface area contributed by atoms with Crippen molar-refractivity contribution in [3.8, 4) is 5.88 Å². The number of ether oxygens (including phenoxy) is 1. The normalized spacial score (nSPS) is 10.7. The second kappa shape index (κ2) is 11.5. The highest BCUT2D eigenvalue weighted by Crippen LogP contribution is 2.31. The summed E-state index contributed by atoms with van der Waals surface area (Å²) in [5.74, 6) is -4.88. The van der Waals surface area contributed by atoms with Crippen LogP contribution < -0.4 is 26.8 Å².